The number of methoxy groups -OCH3 is 1. The third kappa shape index (κ3) is 4.06. The van der Waals surface area contributed by atoms with Crippen LogP contribution in [0.2, 0.25) is 0 Å². The Morgan fingerprint density at radius 2 is 2.14 bits per heavy atom. The Morgan fingerprint density at radius 1 is 1.33 bits per heavy atom. The maximum atomic E-state index is 5.72. The molecule has 5 nitrogen and oxygen atoms in total. The van der Waals surface area contributed by atoms with Gasteiger partial charge in [0.1, 0.15) is 11.6 Å². The van der Waals surface area contributed by atoms with Crippen LogP contribution in [0.4, 0.5) is 0 Å². The summed E-state index contributed by atoms with van der Waals surface area (Å²) in [5.74, 6) is 7.69. The van der Waals surface area contributed by atoms with Crippen LogP contribution < -0.4 is 16.0 Å². The second-order valence-electron chi connectivity index (χ2n) is 5.12. The topological polar surface area (TPSA) is 65.1 Å². The van der Waals surface area contributed by atoms with E-state index in [1.54, 1.807) is 7.11 Å². The Bertz CT molecular complexity index is 553. The van der Waals surface area contributed by atoms with Crippen molar-refractivity contribution >= 4 is 0 Å². The molecular weight excluding hydrogens is 264 g/mol. The quantitative estimate of drug-likeness (QED) is 0.575. The van der Waals surface area contributed by atoms with Gasteiger partial charge in [-0.05, 0) is 24.5 Å². The molecule has 0 aliphatic carbocycles. The van der Waals surface area contributed by atoms with Gasteiger partial charge in [-0.3, -0.25) is 11.3 Å². The van der Waals surface area contributed by atoms with Crippen molar-refractivity contribution in [3.63, 3.8) is 0 Å². The number of nitrogens with two attached hydrogens (primary N) is 1. The summed E-state index contributed by atoms with van der Waals surface area (Å²) in [5, 5.41) is 0. The minimum atomic E-state index is 0.124. The summed E-state index contributed by atoms with van der Waals surface area (Å²) in [6.45, 7) is 3.15. The molecule has 1 heterocycles. The summed E-state index contributed by atoms with van der Waals surface area (Å²) in [7, 11) is 1.69. The van der Waals surface area contributed by atoms with Gasteiger partial charge in [0.2, 0.25) is 0 Å². The standard InChI is InChI=1S/C16H24N4O/c1-3-9-20-10-8-18-16(20)12-14(19-17)11-13-6-4-5-7-15(13)21-2/h4-8,10,14,19H,3,9,11-12,17H2,1-2H3. The Kier molecular flexibility index (Phi) is 5.78. The van der Waals surface area contributed by atoms with Gasteiger partial charge in [0.25, 0.3) is 0 Å². The molecule has 0 saturated heterocycles. The smallest absolute Gasteiger partial charge is 0.122 e. The van der Waals surface area contributed by atoms with Crippen molar-refractivity contribution in [3.8, 4) is 5.75 Å². The number of hydrogen-bond acceptors (Lipinski definition) is 4. The predicted molar refractivity (Wildman–Crippen MR) is 84.0 cm³/mol. The Balaban J connectivity index is 2.08. The van der Waals surface area contributed by atoms with Crippen LogP contribution in [0.5, 0.6) is 5.75 Å². The minimum absolute atomic E-state index is 0.124. The van der Waals surface area contributed by atoms with Crippen LogP contribution in [0.25, 0.3) is 0 Å². The molecule has 0 bridgehead atoms. The lowest BCUT2D eigenvalue weighted by Crippen LogP contribution is -2.39. The average Bonchev–Trinajstić information content (AvgIpc) is 2.94. The first-order valence-electron chi connectivity index (χ1n) is 7.36. The number of para-hydroxylation sites is 1. The third-order valence-electron chi connectivity index (χ3n) is 3.59. The van der Waals surface area contributed by atoms with E-state index in [-0.39, 0.29) is 6.04 Å². The number of nitrogens with zero attached hydrogens (tertiary/aromatic N) is 2. The molecule has 5 heteroatoms. The van der Waals surface area contributed by atoms with Crippen LogP contribution in [0.1, 0.15) is 24.7 Å². The van der Waals surface area contributed by atoms with Crippen molar-refractivity contribution in [3.05, 3.63) is 48.0 Å². The number of hydrogen-bond donors (Lipinski definition) is 2. The molecule has 0 radical (unpaired) electrons. The van der Waals surface area contributed by atoms with E-state index in [1.807, 2.05) is 30.6 Å². The van der Waals surface area contributed by atoms with Crippen LogP contribution in [0.3, 0.4) is 0 Å². The van der Waals surface area contributed by atoms with Crippen LogP contribution in [-0.4, -0.2) is 22.7 Å². The lowest BCUT2D eigenvalue weighted by molar-refractivity contribution is 0.403. The van der Waals surface area contributed by atoms with Crippen molar-refractivity contribution in [2.75, 3.05) is 7.11 Å². The van der Waals surface area contributed by atoms with Gasteiger partial charge in [0.15, 0.2) is 0 Å². The number of imidazole rings is 1. The monoisotopic (exact) mass is 288 g/mol. The zero-order valence-corrected chi connectivity index (χ0v) is 12.7. The molecule has 1 aromatic heterocycles. The number of benzene rings is 1. The second-order valence-corrected chi connectivity index (χ2v) is 5.12. The molecule has 3 N–H and O–H groups in total. The van der Waals surface area contributed by atoms with Gasteiger partial charge in [-0.2, -0.15) is 0 Å². The predicted octanol–water partition coefficient (Wildman–Crippen LogP) is 1.92. The van der Waals surface area contributed by atoms with Crippen molar-refractivity contribution in [1.29, 1.82) is 0 Å². The summed E-state index contributed by atoms with van der Waals surface area (Å²) in [6, 6.07) is 8.16. The zero-order valence-electron chi connectivity index (χ0n) is 12.7. The number of rotatable bonds is 8. The van der Waals surface area contributed by atoms with E-state index in [2.05, 4.69) is 28.0 Å². The molecule has 2 rings (SSSR count). The fourth-order valence-corrected chi connectivity index (χ4v) is 2.52. The van der Waals surface area contributed by atoms with Crippen LogP contribution >= 0.6 is 0 Å². The number of aryl methyl sites for hydroxylation is 1. The highest BCUT2D eigenvalue weighted by Gasteiger charge is 2.14. The number of ether oxygens (including phenoxy) is 1. The highest BCUT2D eigenvalue weighted by atomic mass is 16.5. The maximum Gasteiger partial charge on any atom is 0.122 e. The van der Waals surface area contributed by atoms with Gasteiger partial charge in [-0.1, -0.05) is 25.1 Å². The minimum Gasteiger partial charge on any atom is -0.496 e. The highest BCUT2D eigenvalue weighted by Crippen LogP contribution is 2.19. The molecule has 0 saturated carbocycles. The van der Waals surface area contributed by atoms with E-state index in [9.17, 15) is 0 Å². The first-order chi connectivity index (χ1) is 10.3. The number of aromatic nitrogens is 2. The summed E-state index contributed by atoms with van der Waals surface area (Å²) in [5.41, 5.74) is 4.05. The summed E-state index contributed by atoms with van der Waals surface area (Å²) in [6.07, 6.45) is 6.56. The molecule has 114 valence electrons. The summed E-state index contributed by atoms with van der Waals surface area (Å²) < 4.78 is 7.59. The average molecular weight is 288 g/mol. The van der Waals surface area contributed by atoms with E-state index in [1.165, 1.54) is 0 Å². The lowest BCUT2D eigenvalue weighted by Gasteiger charge is -2.18. The first-order valence-corrected chi connectivity index (χ1v) is 7.36. The van der Waals surface area contributed by atoms with E-state index in [4.69, 9.17) is 10.6 Å². The van der Waals surface area contributed by atoms with Crippen molar-refractivity contribution < 1.29 is 4.74 Å². The van der Waals surface area contributed by atoms with Gasteiger partial charge in [-0.25, -0.2) is 4.98 Å². The van der Waals surface area contributed by atoms with Crippen molar-refractivity contribution in [2.24, 2.45) is 5.84 Å². The van der Waals surface area contributed by atoms with Gasteiger partial charge < -0.3 is 9.30 Å². The summed E-state index contributed by atoms with van der Waals surface area (Å²) >= 11 is 0. The van der Waals surface area contributed by atoms with Gasteiger partial charge in [0.05, 0.1) is 7.11 Å². The number of hydrazine groups is 1. The van der Waals surface area contributed by atoms with E-state index in [0.29, 0.717) is 0 Å². The molecule has 0 amide bonds. The first kappa shape index (κ1) is 15.5. The van der Waals surface area contributed by atoms with E-state index < -0.39 is 0 Å². The molecule has 1 aromatic carbocycles. The third-order valence-corrected chi connectivity index (χ3v) is 3.59. The largest absolute Gasteiger partial charge is 0.496 e. The second kappa shape index (κ2) is 7.81. The fraction of sp³-hybridized carbons (Fsp3) is 0.438. The molecule has 0 spiro atoms. The molecule has 0 fully saturated rings. The normalized spacial score (nSPS) is 12.3. The van der Waals surface area contributed by atoms with Gasteiger partial charge >= 0.3 is 0 Å². The molecule has 1 atom stereocenters. The lowest BCUT2D eigenvalue weighted by atomic mass is 10.0. The van der Waals surface area contributed by atoms with Crippen molar-refractivity contribution in [1.82, 2.24) is 15.0 Å². The Hall–Kier alpha value is -1.85. The van der Waals surface area contributed by atoms with E-state index >= 15 is 0 Å². The van der Waals surface area contributed by atoms with Crippen LogP contribution in [0, 0.1) is 0 Å². The molecular formula is C16H24N4O. The molecule has 1 unspecified atom stereocenters. The Labute approximate surface area is 126 Å². The van der Waals surface area contributed by atoms with Crippen molar-refractivity contribution in [2.45, 2.75) is 38.8 Å². The molecule has 2 aromatic rings. The van der Waals surface area contributed by atoms with Gasteiger partial charge in [0, 0.05) is 31.4 Å². The molecule has 21 heavy (non-hydrogen) atoms. The highest BCUT2D eigenvalue weighted by molar-refractivity contribution is 5.33. The van der Waals surface area contributed by atoms with E-state index in [0.717, 1.165) is 42.9 Å². The zero-order chi connectivity index (χ0) is 15.1. The van der Waals surface area contributed by atoms with Crippen LogP contribution in [0.15, 0.2) is 36.7 Å². The molecule has 0 aliphatic heterocycles. The molecule has 0 aliphatic rings. The number of nitrogens with one attached hydrogen (secondary N) is 1. The van der Waals surface area contributed by atoms with Crippen LogP contribution in [-0.2, 0) is 19.4 Å². The maximum absolute atomic E-state index is 5.72. The fourth-order valence-electron chi connectivity index (χ4n) is 2.52. The summed E-state index contributed by atoms with van der Waals surface area (Å²) in [4.78, 5) is 4.44. The van der Waals surface area contributed by atoms with Gasteiger partial charge in [-0.15, -0.1) is 0 Å². The Morgan fingerprint density at radius 3 is 2.86 bits per heavy atom. The SMILES string of the molecule is CCCn1ccnc1CC(Cc1ccccc1OC)NN.